The van der Waals surface area contributed by atoms with Crippen LogP contribution in [0.15, 0.2) is 69.4 Å². The quantitative estimate of drug-likeness (QED) is 0.544. The van der Waals surface area contributed by atoms with Crippen molar-refractivity contribution in [2.75, 3.05) is 5.73 Å². The number of aryl methyl sites for hydroxylation is 1. The van der Waals surface area contributed by atoms with Gasteiger partial charge in [-0.25, -0.2) is 14.8 Å². The van der Waals surface area contributed by atoms with Gasteiger partial charge in [0.05, 0.1) is 6.54 Å². The third kappa shape index (κ3) is 3.21. The number of aromatic nitrogens is 4. The van der Waals surface area contributed by atoms with E-state index in [1.54, 1.807) is 4.57 Å². The minimum absolute atomic E-state index is 0.248. The summed E-state index contributed by atoms with van der Waals surface area (Å²) in [4.78, 5) is 25.1. The number of rotatable bonds is 4. The first-order valence-electron chi connectivity index (χ1n) is 8.14. The van der Waals surface area contributed by atoms with Gasteiger partial charge in [0.25, 0.3) is 0 Å². The summed E-state index contributed by atoms with van der Waals surface area (Å²) < 4.78 is 1.59. The Morgan fingerprint density at radius 1 is 1.08 bits per heavy atom. The molecule has 6 nitrogen and oxygen atoms in total. The van der Waals surface area contributed by atoms with Gasteiger partial charge in [-0.1, -0.05) is 48.0 Å². The molecule has 0 amide bonds. The molecule has 2 heterocycles. The van der Waals surface area contributed by atoms with Gasteiger partial charge in [0, 0.05) is 4.90 Å². The third-order valence-corrected chi connectivity index (χ3v) is 4.92. The van der Waals surface area contributed by atoms with Crippen LogP contribution >= 0.6 is 11.8 Å². The number of fused-ring (bicyclic) bond motifs is 1. The summed E-state index contributed by atoms with van der Waals surface area (Å²) >= 11 is 1.42. The molecule has 4 rings (SSSR count). The highest BCUT2D eigenvalue weighted by Gasteiger charge is 2.14. The maximum Gasteiger partial charge on any atom is 0.328 e. The summed E-state index contributed by atoms with van der Waals surface area (Å²) in [6, 6.07) is 17.9. The van der Waals surface area contributed by atoms with E-state index >= 15 is 0 Å². The van der Waals surface area contributed by atoms with Crippen molar-refractivity contribution in [1.82, 2.24) is 19.5 Å². The first-order chi connectivity index (χ1) is 12.6. The van der Waals surface area contributed by atoms with Crippen LogP contribution < -0.4 is 11.4 Å². The molecule has 0 radical (unpaired) electrons. The molecule has 7 heteroatoms. The standard InChI is InChI=1S/C19H17N5OS/c1-12-7-9-14(10-8-12)26-18-22-16(20)15-17(23-18)24(19(25)21-15)11-13-5-3-2-4-6-13/h2-10H,11H2,1H3,(H,21,25)(H2,20,22,23). The normalized spacial score (nSPS) is 11.1. The van der Waals surface area contributed by atoms with Crippen molar-refractivity contribution in [3.05, 3.63) is 76.2 Å². The molecule has 130 valence electrons. The summed E-state index contributed by atoms with van der Waals surface area (Å²) in [6.07, 6.45) is 0. The van der Waals surface area contributed by atoms with Crippen molar-refractivity contribution in [1.29, 1.82) is 0 Å². The largest absolute Gasteiger partial charge is 0.382 e. The second kappa shape index (κ2) is 6.68. The molecule has 2 aromatic carbocycles. The summed E-state index contributed by atoms with van der Waals surface area (Å²) in [5, 5.41) is 0.514. The van der Waals surface area contributed by atoms with E-state index in [1.165, 1.54) is 17.3 Å². The fourth-order valence-electron chi connectivity index (χ4n) is 2.70. The minimum Gasteiger partial charge on any atom is -0.382 e. The number of nitrogen functional groups attached to an aromatic ring is 1. The average molecular weight is 363 g/mol. The Morgan fingerprint density at radius 2 is 1.81 bits per heavy atom. The predicted octanol–water partition coefficient (Wildman–Crippen LogP) is 3.21. The number of benzene rings is 2. The fourth-order valence-corrected chi connectivity index (χ4v) is 3.46. The van der Waals surface area contributed by atoms with E-state index < -0.39 is 0 Å². The molecule has 0 saturated carbocycles. The number of anilines is 1. The van der Waals surface area contributed by atoms with Gasteiger partial charge in [-0.05, 0) is 36.4 Å². The lowest BCUT2D eigenvalue weighted by atomic mass is 10.2. The molecule has 0 unspecified atom stereocenters. The Bertz CT molecular complexity index is 1120. The SMILES string of the molecule is Cc1ccc(Sc2nc(N)c3[nH]c(=O)n(Cc4ccccc4)c3n2)cc1. The van der Waals surface area contributed by atoms with Gasteiger partial charge < -0.3 is 10.7 Å². The fraction of sp³-hybridized carbons (Fsp3) is 0.105. The molecular formula is C19H17N5OS. The van der Waals surface area contributed by atoms with Crippen LogP contribution in [0.4, 0.5) is 5.82 Å². The van der Waals surface area contributed by atoms with Crippen molar-refractivity contribution >= 4 is 28.7 Å². The summed E-state index contributed by atoms with van der Waals surface area (Å²) in [5.41, 5.74) is 9.00. The van der Waals surface area contributed by atoms with E-state index in [-0.39, 0.29) is 11.5 Å². The van der Waals surface area contributed by atoms with E-state index in [9.17, 15) is 4.79 Å². The Morgan fingerprint density at radius 3 is 2.54 bits per heavy atom. The summed E-state index contributed by atoms with van der Waals surface area (Å²) in [5.74, 6) is 0.272. The monoisotopic (exact) mass is 363 g/mol. The number of hydrogen-bond donors (Lipinski definition) is 2. The first-order valence-corrected chi connectivity index (χ1v) is 8.96. The van der Waals surface area contributed by atoms with Crippen molar-refractivity contribution in [2.24, 2.45) is 0 Å². The van der Waals surface area contributed by atoms with E-state index in [0.29, 0.717) is 22.9 Å². The molecular weight excluding hydrogens is 346 g/mol. The van der Waals surface area contributed by atoms with Crippen LogP contribution in [0.25, 0.3) is 11.2 Å². The molecule has 0 saturated heterocycles. The van der Waals surface area contributed by atoms with Gasteiger partial charge in [-0.15, -0.1) is 0 Å². The molecule has 4 aromatic rings. The maximum absolute atomic E-state index is 12.4. The van der Waals surface area contributed by atoms with Gasteiger partial charge >= 0.3 is 5.69 Å². The van der Waals surface area contributed by atoms with Gasteiger partial charge in [-0.2, -0.15) is 0 Å². The summed E-state index contributed by atoms with van der Waals surface area (Å²) in [6.45, 7) is 2.46. The van der Waals surface area contributed by atoms with Crippen molar-refractivity contribution in [2.45, 2.75) is 23.5 Å². The summed E-state index contributed by atoms with van der Waals surface area (Å²) in [7, 11) is 0. The molecule has 0 spiro atoms. The minimum atomic E-state index is -0.248. The lowest BCUT2D eigenvalue weighted by molar-refractivity contribution is 0.771. The smallest absolute Gasteiger partial charge is 0.328 e. The molecule has 26 heavy (non-hydrogen) atoms. The molecule has 0 aliphatic rings. The molecule has 0 aliphatic heterocycles. The molecule has 2 aromatic heterocycles. The number of H-pyrrole nitrogens is 1. The highest BCUT2D eigenvalue weighted by atomic mass is 32.2. The van der Waals surface area contributed by atoms with Crippen LogP contribution in [0.5, 0.6) is 0 Å². The Labute approximate surface area is 154 Å². The lowest BCUT2D eigenvalue weighted by Gasteiger charge is -2.06. The van der Waals surface area contributed by atoms with Crippen LogP contribution in [0.3, 0.4) is 0 Å². The number of imidazole rings is 1. The second-order valence-corrected chi connectivity index (χ2v) is 7.05. The number of nitrogens with one attached hydrogen (secondary N) is 1. The van der Waals surface area contributed by atoms with Crippen LogP contribution in [-0.2, 0) is 6.54 Å². The predicted molar refractivity (Wildman–Crippen MR) is 103 cm³/mol. The number of nitrogens with two attached hydrogens (primary N) is 1. The number of aromatic amines is 1. The van der Waals surface area contributed by atoms with E-state index in [0.717, 1.165) is 10.5 Å². The van der Waals surface area contributed by atoms with Crippen LogP contribution in [0.2, 0.25) is 0 Å². The zero-order valence-electron chi connectivity index (χ0n) is 14.1. The molecule has 3 N–H and O–H groups in total. The zero-order valence-corrected chi connectivity index (χ0v) is 15.0. The Kier molecular flexibility index (Phi) is 4.22. The second-order valence-electron chi connectivity index (χ2n) is 6.01. The molecule has 0 atom stereocenters. The van der Waals surface area contributed by atoms with Crippen molar-refractivity contribution in [3.8, 4) is 0 Å². The van der Waals surface area contributed by atoms with E-state index in [2.05, 4.69) is 15.0 Å². The zero-order chi connectivity index (χ0) is 18.1. The third-order valence-electron chi connectivity index (χ3n) is 4.04. The van der Waals surface area contributed by atoms with Gasteiger partial charge in [-0.3, -0.25) is 4.57 Å². The van der Waals surface area contributed by atoms with Gasteiger partial charge in [0.15, 0.2) is 16.6 Å². The van der Waals surface area contributed by atoms with Crippen LogP contribution in [0, 0.1) is 6.92 Å². The Balaban J connectivity index is 1.76. The van der Waals surface area contributed by atoms with Gasteiger partial charge in [0.2, 0.25) is 0 Å². The highest BCUT2D eigenvalue weighted by molar-refractivity contribution is 7.99. The number of nitrogens with zero attached hydrogens (tertiary/aromatic N) is 3. The van der Waals surface area contributed by atoms with E-state index in [4.69, 9.17) is 5.73 Å². The number of hydrogen-bond acceptors (Lipinski definition) is 5. The first kappa shape index (κ1) is 16.4. The van der Waals surface area contributed by atoms with Crippen molar-refractivity contribution in [3.63, 3.8) is 0 Å². The molecule has 0 fully saturated rings. The molecule has 0 bridgehead atoms. The van der Waals surface area contributed by atoms with Gasteiger partial charge in [0.1, 0.15) is 5.52 Å². The topological polar surface area (TPSA) is 89.6 Å². The Hall–Kier alpha value is -3.06. The molecule has 0 aliphatic carbocycles. The lowest BCUT2D eigenvalue weighted by Crippen LogP contribution is -2.17. The highest BCUT2D eigenvalue weighted by Crippen LogP contribution is 2.27. The van der Waals surface area contributed by atoms with Crippen molar-refractivity contribution < 1.29 is 0 Å². The maximum atomic E-state index is 12.4. The average Bonchev–Trinajstić information content (AvgIpc) is 2.95. The van der Waals surface area contributed by atoms with E-state index in [1.807, 2.05) is 61.5 Å². The van der Waals surface area contributed by atoms with Crippen LogP contribution in [-0.4, -0.2) is 19.5 Å². The van der Waals surface area contributed by atoms with Crippen LogP contribution in [0.1, 0.15) is 11.1 Å².